The van der Waals surface area contributed by atoms with E-state index in [0.29, 0.717) is 12.3 Å². The van der Waals surface area contributed by atoms with E-state index in [1.54, 1.807) is 0 Å². The first-order valence-electron chi connectivity index (χ1n) is 6.64. The molecule has 0 aliphatic carbocycles. The summed E-state index contributed by atoms with van der Waals surface area (Å²) in [7, 11) is 0. The maximum atomic E-state index is 12.3. The van der Waals surface area contributed by atoms with E-state index in [2.05, 4.69) is 4.98 Å². The number of rotatable bonds is 4. The molecule has 2 heterocycles. The predicted molar refractivity (Wildman–Crippen MR) is 76.4 cm³/mol. The Balaban J connectivity index is 2.00. The highest BCUT2D eigenvalue weighted by Crippen LogP contribution is 2.19. The Bertz CT molecular complexity index is 425. The molecule has 0 bridgehead atoms. The fourth-order valence-corrected chi connectivity index (χ4v) is 3.43. The maximum absolute atomic E-state index is 12.3. The number of alkyl halides is 1. The quantitative estimate of drug-likeness (QED) is 0.868. The van der Waals surface area contributed by atoms with E-state index in [0.717, 1.165) is 42.9 Å². The van der Waals surface area contributed by atoms with Crippen LogP contribution in [0.15, 0.2) is 5.38 Å². The summed E-state index contributed by atoms with van der Waals surface area (Å²) >= 11 is 7.18. The van der Waals surface area contributed by atoms with Gasteiger partial charge in [-0.15, -0.1) is 22.9 Å². The molecular formula is C13H19ClN2O2S. The van der Waals surface area contributed by atoms with E-state index >= 15 is 0 Å². The van der Waals surface area contributed by atoms with E-state index in [1.165, 1.54) is 11.3 Å². The number of nitrogens with zero attached hydrogens (tertiary/aromatic N) is 2. The van der Waals surface area contributed by atoms with Crippen LogP contribution in [-0.2, 0) is 17.1 Å². The van der Waals surface area contributed by atoms with Gasteiger partial charge in [-0.1, -0.05) is 12.8 Å². The van der Waals surface area contributed by atoms with Crippen LogP contribution >= 0.6 is 22.9 Å². The molecule has 106 valence electrons. The van der Waals surface area contributed by atoms with Crippen LogP contribution in [0.4, 0.5) is 0 Å². The number of thiazole rings is 1. The van der Waals surface area contributed by atoms with Crippen molar-refractivity contribution < 1.29 is 9.90 Å². The molecule has 6 heteroatoms. The van der Waals surface area contributed by atoms with Gasteiger partial charge in [-0.05, 0) is 12.8 Å². The van der Waals surface area contributed by atoms with Gasteiger partial charge in [-0.25, -0.2) is 4.98 Å². The second kappa shape index (κ2) is 7.22. The molecule has 1 fully saturated rings. The summed E-state index contributed by atoms with van der Waals surface area (Å²) in [5.74, 6) is 0.449. The van der Waals surface area contributed by atoms with Crippen molar-refractivity contribution in [2.75, 3.05) is 13.2 Å². The van der Waals surface area contributed by atoms with Gasteiger partial charge >= 0.3 is 0 Å². The van der Waals surface area contributed by atoms with Gasteiger partial charge in [0.1, 0.15) is 5.01 Å². The van der Waals surface area contributed by atoms with Crippen LogP contribution < -0.4 is 0 Å². The molecule has 1 aliphatic heterocycles. The van der Waals surface area contributed by atoms with Gasteiger partial charge in [0.15, 0.2) is 0 Å². The molecular weight excluding hydrogens is 284 g/mol. The molecule has 1 aliphatic rings. The van der Waals surface area contributed by atoms with Gasteiger partial charge in [-0.2, -0.15) is 0 Å². The van der Waals surface area contributed by atoms with E-state index in [1.807, 2.05) is 10.3 Å². The van der Waals surface area contributed by atoms with Gasteiger partial charge in [-0.3, -0.25) is 4.79 Å². The van der Waals surface area contributed by atoms with Crippen molar-refractivity contribution in [3.05, 3.63) is 16.1 Å². The minimum absolute atomic E-state index is 0.0255. The zero-order valence-corrected chi connectivity index (χ0v) is 12.4. The SMILES string of the molecule is O=C(Cc1nc(CCl)cs1)N1CCCCCC1CO. The number of aromatic nitrogens is 1. The highest BCUT2D eigenvalue weighted by Gasteiger charge is 2.25. The Labute approximate surface area is 122 Å². The number of aliphatic hydroxyl groups excluding tert-OH is 1. The van der Waals surface area contributed by atoms with Crippen LogP contribution in [0.2, 0.25) is 0 Å². The Morgan fingerprint density at radius 1 is 1.53 bits per heavy atom. The molecule has 2 rings (SSSR count). The zero-order chi connectivity index (χ0) is 13.7. The molecule has 0 saturated carbocycles. The highest BCUT2D eigenvalue weighted by atomic mass is 35.5. The van der Waals surface area contributed by atoms with Crippen molar-refractivity contribution in [2.24, 2.45) is 0 Å². The zero-order valence-electron chi connectivity index (χ0n) is 10.8. The first-order chi connectivity index (χ1) is 9.24. The molecule has 1 amide bonds. The van der Waals surface area contributed by atoms with Crippen molar-refractivity contribution in [1.82, 2.24) is 9.88 Å². The van der Waals surface area contributed by atoms with E-state index in [9.17, 15) is 9.90 Å². The number of aliphatic hydroxyl groups is 1. The molecule has 1 aromatic heterocycles. The van der Waals surface area contributed by atoms with Crippen LogP contribution in [0.3, 0.4) is 0 Å². The third-order valence-corrected chi connectivity index (χ3v) is 4.62. The largest absolute Gasteiger partial charge is 0.394 e. The van der Waals surface area contributed by atoms with Crippen molar-refractivity contribution in [1.29, 1.82) is 0 Å². The lowest BCUT2D eigenvalue weighted by Crippen LogP contribution is -2.42. The summed E-state index contributed by atoms with van der Waals surface area (Å²) in [6.45, 7) is 0.800. The first-order valence-corrected chi connectivity index (χ1v) is 8.05. The third kappa shape index (κ3) is 3.91. The molecule has 1 unspecified atom stereocenters. The first kappa shape index (κ1) is 14.8. The minimum atomic E-state index is -0.0255. The topological polar surface area (TPSA) is 53.4 Å². The monoisotopic (exact) mass is 302 g/mol. The Morgan fingerprint density at radius 2 is 2.37 bits per heavy atom. The summed E-state index contributed by atoms with van der Waals surface area (Å²) in [4.78, 5) is 18.5. The fourth-order valence-electron chi connectivity index (χ4n) is 2.42. The molecule has 1 saturated heterocycles. The average Bonchev–Trinajstić information content (AvgIpc) is 2.73. The van der Waals surface area contributed by atoms with Crippen molar-refractivity contribution >= 4 is 28.8 Å². The number of carbonyl (C=O) groups excluding carboxylic acids is 1. The molecule has 0 radical (unpaired) electrons. The average molecular weight is 303 g/mol. The summed E-state index contributed by atoms with van der Waals surface area (Å²) < 4.78 is 0. The summed E-state index contributed by atoms with van der Waals surface area (Å²) in [5, 5.41) is 12.1. The van der Waals surface area contributed by atoms with Crippen LogP contribution in [0.5, 0.6) is 0 Å². The van der Waals surface area contributed by atoms with Gasteiger partial charge in [0.25, 0.3) is 0 Å². The van der Waals surface area contributed by atoms with Crippen molar-refractivity contribution in [3.63, 3.8) is 0 Å². The second-order valence-electron chi connectivity index (χ2n) is 4.82. The van der Waals surface area contributed by atoms with Crippen LogP contribution in [-0.4, -0.2) is 40.1 Å². The van der Waals surface area contributed by atoms with Gasteiger partial charge in [0.05, 0.1) is 30.6 Å². The van der Waals surface area contributed by atoms with E-state index < -0.39 is 0 Å². The maximum Gasteiger partial charge on any atom is 0.229 e. The third-order valence-electron chi connectivity index (χ3n) is 3.45. The normalized spacial score (nSPS) is 20.3. The number of carbonyl (C=O) groups is 1. The molecule has 19 heavy (non-hydrogen) atoms. The minimum Gasteiger partial charge on any atom is -0.394 e. The fraction of sp³-hybridized carbons (Fsp3) is 0.692. The lowest BCUT2D eigenvalue weighted by molar-refractivity contribution is -0.133. The predicted octanol–water partition coefficient (Wildman–Crippen LogP) is 2.19. The Hall–Kier alpha value is -0.650. The number of amides is 1. The summed E-state index contributed by atoms with van der Waals surface area (Å²) in [6, 6.07) is -0.0255. The molecule has 1 atom stereocenters. The number of halogens is 1. The van der Waals surface area contributed by atoms with E-state index in [4.69, 9.17) is 11.6 Å². The Kier molecular flexibility index (Phi) is 5.60. The van der Waals surface area contributed by atoms with Crippen LogP contribution in [0, 0.1) is 0 Å². The molecule has 0 spiro atoms. The van der Waals surface area contributed by atoms with Gasteiger partial charge < -0.3 is 10.0 Å². The summed E-state index contributed by atoms with van der Waals surface area (Å²) in [6.07, 6.45) is 4.45. The number of likely N-dealkylation sites (tertiary alicyclic amines) is 1. The number of hydrogen-bond acceptors (Lipinski definition) is 4. The lowest BCUT2D eigenvalue weighted by Gasteiger charge is -2.28. The smallest absolute Gasteiger partial charge is 0.229 e. The molecule has 0 aromatic carbocycles. The molecule has 4 nitrogen and oxygen atoms in total. The lowest BCUT2D eigenvalue weighted by atomic mass is 10.1. The molecule has 1 aromatic rings. The molecule has 1 N–H and O–H groups in total. The highest BCUT2D eigenvalue weighted by molar-refractivity contribution is 7.09. The van der Waals surface area contributed by atoms with Crippen LogP contribution in [0.25, 0.3) is 0 Å². The van der Waals surface area contributed by atoms with E-state index in [-0.39, 0.29) is 18.6 Å². The summed E-state index contributed by atoms with van der Waals surface area (Å²) in [5.41, 5.74) is 0.823. The standard InChI is InChI=1S/C13H19ClN2O2S/c14-7-10-9-19-12(15-10)6-13(18)16-5-3-1-2-4-11(16)8-17/h9,11,17H,1-8H2. The Morgan fingerprint density at radius 3 is 3.05 bits per heavy atom. The van der Waals surface area contributed by atoms with Crippen molar-refractivity contribution in [2.45, 2.75) is 44.0 Å². The van der Waals surface area contributed by atoms with Gasteiger partial charge in [0.2, 0.25) is 5.91 Å². The number of hydrogen-bond donors (Lipinski definition) is 1. The second-order valence-corrected chi connectivity index (χ2v) is 6.03. The van der Waals surface area contributed by atoms with Gasteiger partial charge in [0, 0.05) is 11.9 Å². The van der Waals surface area contributed by atoms with Crippen LogP contribution in [0.1, 0.15) is 36.4 Å². The van der Waals surface area contributed by atoms with Crippen molar-refractivity contribution in [3.8, 4) is 0 Å².